The summed E-state index contributed by atoms with van der Waals surface area (Å²) in [6, 6.07) is 0. The van der Waals surface area contributed by atoms with Crippen molar-refractivity contribution in [3.8, 4) is 0 Å². The second-order valence-electron chi connectivity index (χ2n) is 8.98. The summed E-state index contributed by atoms with van der Waals surface area (Å²) in [6.45, 7) is 9.17. The fourth-order valence-corrected chi connectivity index (χ4v) is 3.93. The highest BCUT2D eigenvalue weighted by molar-refractivity contribution is 5.83. The SMILES string of the molecule is CCCCCCCCC1=CC1C(=O)OCC.CCCCCCCCC1=CC1C(=O)OCC. The van der Waals surface area contributed by atoms with Gasteiger partial charge in [0.2, 0.25) is 0 Å². The average Bonchev–Trinajstić information content (AvgIpc) is 3.69. The van der Waals surface area contributed by atoms with Crippen LogP contribution in [0.4, 0.5) is 0 Å². The molecule has 0 amide bonds. The number of esters is 2. The first-order valence-corrected chi connectivity index (χ1v) is 13.3. The van der Waals surface area contributed by atoms with E-state index in [1.165, 1.54) is 88.2 Å². The predicted molar refractivity (Wildman–Crippen MR) is 132 cm³/mol. The average molecular weight is 449 g/mol. The Balaban J connectivity index is 0.000000320. The van der Waals surface area contributed by atoms with Crippen LogP contribution < -0.4 is 0 Å². The van der Waals surface area contributed by atoms with Gasteiger partial charge < -0.3 is 9.47 Å². The van der Waals surface area contributed by atoms with Crippen LogP contribution in [0.1, 0.15) is 118 Å². The predicted octanol–water partition coefficient (Wildman–Crippen LogP) is 7.71. The Bertz CT molecular complexity index is 538. The molecule has 2 atom stereocenters. The summed E-state index contributed by atoms with van der Waals surface area (Å²) in [5.74, 6) is -0.0295. The Morgan fingerprint density at radius 1 is 0.594 bits per heavy atom. The van der Waals surface area contributed by atoms with Crippen molar-refractivity contribution in [3.05, 3.63) is 23.3 Å². The number of hydrogen-bond acceptors (Lipinski definition) is 4. The monoisotopic (exact) mass is 448 g/mol. The third-order valence-electron chi connectivity index (χ3n) is 6.06. The van der Waals surface area contributed by atoms with Crippen molar-refractivity contribution in [1.82, 2.24) is 0 Å². The Kier molecular flexibility index (Phi) is 15.9. The lowest BCUT2D eigenvalue weighted by molar-refractivity contribution is -0.145. The zero-order valence-electron chi connectivity index (χ0n) is 21.3. The van der Waals surface area contributed by atoms with Crippen LogP contribution in [0.3, 0.4) is 0 Å². The minimum absolute atomic E-state index is 0.0376. The van der Waals surface area contributed by atoms with Gasteiger partial charge in [-0.2, -0.15) is 0 Å². The van der Waals surface area contributed by atoms with Gasteiger partial charge in [0.05, 0.1) is 25.0 Å². The molecule has 184 valence electrons. The highest BCUT2D eigenvalue weighted by atomic mass is 16.5. The third-order valence-corrected chi connectivity index (χ3v) is 6.06. The van der Waals surface area contributed by atoms with E-state index in [4.69, 9.17) is 9.47 Å². The summed E-state index contributed by atoms with van der Waals surface area (Å²) in [7, 11) is 0. The first kappa shape index (κ1) is 28.5. The van der Waals surface area contributed by atoms with Gasteiger partial charge in [-0.15, -0.1) is 0 Å². The zero-order valence-corrected chi connectivity index (χ0v) is 21.3. The van der Waals surface area contributed by atoms with Crippen LogP contribution in [0.5, 0.6) is 0 Å². The standard InChI is InChI=1S/2C14H24O2/c2*1-3-5-6-7-8-9-10-12-11-13(12)14(15)16-4-2/h2*11,13H,3-10H2,1-2H3. The molecule has 0 N–H and O–H groups in total. The van der Waals surface area contributed by atoms with E-state index in [0.29, 0.717) is 13.2 Å². The van der Waals surface area contributed by atoms with Crippen LogP contribution in [-0.4, -0.2) is 25.2 Å². The Morgan fingerprint density at radius 2 is 0.938 bits per heavy atom. The van der Waals surface area contributed by atoms with Crippen molar-refractivity contribution in [2.75, 3.05) is 13.2 Å². The van der Waals surface area contributed by atoms with Crippen LogP contribution in [0.25, 0.3) is 0 Å². The van der Waals surface area contributed by atoms with Crippen LogP contribution in [0, 0.1) is 11.8 Å². The van der Waals surface area contributed by atoms with E-state index >= 15 is 0 Å². The van der Waals surface area contributed by atoms with Crippen LogP contribution in [-0.2, 0) is 19.1 Å². The van der Waals surface area contributed by atoms with Crippen LogP contribution in [0.15, 0.2) is 23.3 Å². The van der Waals surface area contributed by atoms with Gasteiger partial charge in [0, 0.05) is 0 Å². The minimum atomic E-state index is -0.0523. The fraction of sp³-hybridized carbons (Fsp3) is 0.786. The van der Waals surface area contributed by atoms with E-state index in [2.05, 4.69) is 13.8 Å². The maximum atomic E-state index is 11.3. The van der Waals surface area contributed by atoms with E-state index in [9.17, 15) is 9.59 Å². The van der Waals surface area contributed by atoms with Gasteiger partial charge in [-0.3, -0.25) is 9.59 Å². The second kappa shape index (κ2) is 17.9. The molecule has 2 aliphatic rings. The summed E-state index contributed by atoms with van der Waals surface area (Å²) < 4.78 is 9.93. The van der Waals surface area contributed by atoms with E-state index < -0.39 is 0 Å². The molecule has 4 nitrogen and oxygen atoms in total. The lowest BCUT2D eigenvalue weighted by atomic mass is 10.1. The lowest BCUT2D eigenvalue weighted by Gasteiger charge is -2.02. The highest BCUT2D eigenvalue weighted by Crippen LogP contribution is 2.35. The maximum absolute atomic E-state index is 11.3. The van der Waals surface area contributed by atoms with Crippen molar-refractivity contribution in [3.63, 3.8) is 0 Å². The largest absolute Gasteiger partial charge is 0.465 e. The van der Waals surface area contributed by atoms with Gasteiger partial charge >= 0.3 is 11.9 Å². The van der Waals surface area contributed by atoms with Gasteiger partial charge in [-0.05, 0) is 39.5 Å². The number of carbonyl (C=O) groups is 2. The van der Waals surface area contributed by atoms with Gasteiger partial charge in [0.15, 0.2) is 0 Å². The Labute approximate surface area is 197 Å². The Morgan fingerprint density at radius 3 is 1.28 bits per heavy atom. The molecule has 4 heteroatoms. The number of ether oxygens (including phenoxy) is 2. The van der Waals surface area contributed by atoms with Crippen LogP contribution >= 0.6 is 0 Å². The van der Waals surface area contributed by atoms with E-state index in [-0.39, 0.29) is 23.8 Å². The molecule has 0 spiro atoms. The van der Waals surface area contributed by atoms with Gasteiger partial charge in [-0.25, -0.2) is 0 Å². The number of rotatable bonds is 18. The second-order valence-corrected chi connectivity index (χ2v) is 8.98. The number of carbonyl (C=O) groups excluding carboxylic acids is 2. The molecule has 0 bridgehead atoms. The Hall–Kier alpha value is -1.58. The third kappa shape index (κ3) is 13.1. The molecule has 2 unspecified atom stereocenters. The first-order valence-electron chi connectivity index (χ1n) is 13.3. The first-order chi connectivity index (χ1) is 15.6. The quantitative estimate of drug-likeness (QED) is 0.122. The summed E-state index contributed by atoms with van der Waals surface area (Å²) in [6.07, 6.45) is 22.0. The van der Waals surface area contributed by atoms with Crippen molar-refractivity contribution >= 4 is 11.9 Å². The molecule has 2 rings (SSSR count). The summed E-state index contributed by atoms with van der Waals surface area (Å²) in [5, 5.41) is 0. The van der Waals surface area contributed by atoms with E-state index in [1.807, 2.05) is 26.0 Å². The minimum Gasteiger partial charge on any atom is -0.465 e. The van der Waals surface area contributed by atoms with Crippen molar-refractivity contribution in [2.45, 2.75) is 118 Å². The molecule has 0 radical (unpaired) electrons. The molecule has 0 saturated carbocycles. The normalized spacial score (nSPS) is 18.1. The summed E-state index contributed by atoms with van der Waals surface area (Å²) in [4.78, 5) is 22.6. The van der Waals surface area contributed by atoms with Gasteiger partial charge in [0.25, 0.3) is 0 Å². The summed E-state index contributed by atoms with van der Waals surface area (Å²) >= 11 is 0. The van der Waals surface area contributed by atoms with Crippen LogP contribution in [0.2, 0.25) is 0 Å². The zero-order chi connectivity index (χ0) is 23.6. The highest BCUT2D eigenvalue weighted by Gasteiger charge is 2.32. The molecule has 0 heterocycles. The molecule has 2 aliphatic carbocycles. The van der Waals surface area contributed by atoms with Gasteiger partial charge in [0.1, 0.15) is 0 Å². The lowest BCUT2D eigenvalue weighted by Crippen LogP contribution is -2.08. The molecular formula is C28H48O4. The van der Waals surface area contributed by atoms with Gasteiger partial charge in [-0.1, -0.05) is 101 Å². The molecule has 0 aromatic carbocycles. The smallest absolute Gasteiger partial charge is 0.316 e. The molecule has 0 aliphatic heterocycles. The molecular weight excluding hydrogens is 400 g/mol. The molecule has 0 saturated heterocycles. The molecule has 0 aromatic heterocycles. The van der Waals surface area contributed by atoms with E-state index in [0.717, 1.165) is 12.8 Å². The summed E-state index contributed by atoms with van der Waals surface area (Å²) in [5.41, 5.74) is 2.60. The molecule has 32 heavy (non-hydrogen) atoms. The number of unbranched alkanes of at least 4 members (excludes halogenated alkanes) is 10. The topological polar surface area (TPSA) is 52.6 Å². The van der Waals surface area contributed by atoms with E-state index in [1.54, 1.807) is 0 Å². The van der Waals surface area contributed by atoms with Crippen molar-refractivity contribution in [1.29, 1.82) is 0 Å². The van der Waals surface area contributed by atoms with Crippen molar-refractivity contribution < 1.29 is 19.1 Å². The maximum Gasteiger partial charge on any atom is 0.316 e. The van der Waals surface area contributed by atoms with Crippen molar-refractivity contribution in [2.24, 2.45) is 11.8 Å². The molecule has 0 fully saturated rings. The fourth-order valence-electron chi connectivity index (χ4n) is 3.93. The molecule has 0 aromatic rings. The number of hydrogen-bond donors (Lipinski definition) is 0.